The maximum absolute atomic E-state index is 3.73. The van der Waals surface area contributed by atoms with E-state index in [0.29, 0.717) is 5.41 Å². The molecule has 0 aromatic heterocycles. The van der Waals surface area contributed by atoms with E-state index >= 15 is 0 Å². The van der Waals surface area contributed by atoms with Gasteiger partial charge in [-0.1, -0.05) is 41.9 Å². The van der Waals surface area contributed by atoms with Gasteiger partial charge in [0.25, 0.3) is 0 Å². The molecule has 1 aliphatic carbocycles. The second-order valence-electron chi connectivity index (χ2n) is 7.80. The molecule has 1 saturated carbocycles. The molecule has 2 rings (SSSR count). The van der Waals surface area contributed by atoms with Gasteiger partial charge in [-0.2, -0.15) is 0 Å². The van der Waals surface area contributed by atoms with E-state index in [4.69, 9.17) is 0 Å². The lowest BCUT2D eigenvalue weighted by molar-refractivity contribution is 0.0912. The summed E-state index contributed by atoms with van der Waals surface area (Å²) in [5, 5.41) is 3.73. The number of halogens is 1. The van der Waals surface area contributed by atoms with Gasteiger partial charge in [-0.25, -0.2) is 0 Å². The Kier molecular flexibility index (Phi) is 4.66. The molecule has 1 aliphatic rings. The summed E-state index contributed by atoms with van der Waals surface area (Å²) in [5.74, 6) is 1.67. The standard InChI is InChI=1S/C18H28BrN/c1-13(2)14-10-18(11-14,12-20-17(3,4)5)15-6-8-16(19)9-7-15/h6-9,13-14,20H,10-12H2,1-5H3. The molecular formula is C18H28BrN. The Hall–Kier alpha value is -0.340. The van der Waals surface area contributed by atoms with Gasteiger partial charge in [-0.3, -0.25) is 0 Å². The molecule has 0 saturated heterocycles. The molecule has 2 heteroatoms. The molecule has 112 valence electrons. The third-order valence-corrected chi connectivity index (χ3v) is 5.19. The van der Waals surface area contributed by atoms with Gasteiger partial charge in [0.15, 0.2) is 0 Å². The second-order valence-corrected chi connectivity index (χ2v) is 8.72. The minimum atomic E-state index is 0.186. The molecule has 1 aromatic rings. The summed E-state index contributed by atoms with van der Waals surface area (Å²) in [5.41, 5.74) is 2.02. The van der Waals surface area contributed by atoms with E-state index in [9.17, 15) is 0 Å². The number of hydrogen-bond acceptors (Lipinski definition) is 1. The van der Waals surface area contributed by atoms with Crippen molar-refractivity contribution in [2.24, 2.45) is 11.8 Å². The first-order chi connectivity index (χ1) is 9.22. The quantitative estimate of drug-likeness (QED) is 0.801. The van der Waals surface area contributed by atoms with Crippen LogP contribution in [0.25, 0.3) is 0 Å². The van der Waals surface area contributed by atoms with Gasteiger partial charge in [-0.15, -0.1) is 0 Å². The highest BCUT2D eigenvalue weighted by Gasteiger charge is 2.46. The van der Waals surface area contributed by atoms with E-state index in [1.54, 1.807) is 0 Å². The summed E-state index contributed by atoms with van der Waals surface area (Å²) in [6.07, 6.45) is 2.63. The van der Waals surface area contributed by atoms with Crippen LogP contribution >= 0.6 is 15.9 Å². The Bertz CT molecular complexity index is 435. The van der Waals surface area contributed by atoms with Crippen molar-refractivity contribution in [2.45, 2.75) is 58.4 Å². The first-order valence-electron chi connectivity index (χ1n) is 7.73. The molecule has 0 heterocycles. The number of hydrogen-bond donors (Lipinski definition) is 1. The van der Waals surface area contributed by atoms with Crippen LogP contribution in [-0.2, 0) is 5.41 Å². The topological polar surface area (TPSA) is 12.0 Å². The van der Waals surface area contributed by atoms with Gasteiger partial charge >= 0.3 is 0 Å². The Balaban J connectivity index is 2.16. The van der Waals surface area contributed by atoms with Crippen LogP contribution in [0.2, 0.25) is 0 Å². The average Bonchev–Trinajstić information content (AvgIpc) is 2.27. The van der Waals surface area contributed by atoms with Crippen molar-refractivity contribution in [3.05, 3.63) is 34.3 Å². The van der Waals surface area contributed by atoms with E-state index < -0.39 is 0 Å². The van der Waals surface area contributed by atoms with Crippen LogP contribution < -0.4 is 5.32 Å². The molecule has 1 fully saturated rings. The molecule has 0 aliphatic heterocycles. The number of rotatable bonds is 4. The third-order valence-electron chi connectivity index (χ3n) is 4.66. The van der Waals surface area contributed by atoms with Gasteiger partial charge in [0.2, 0.25) is 0 Å². The summed E-state index contributed by atoms with van der Waals surface area (Å²) >= 11 is 3.54. The molecular weight excluding hydrogens is 310 g/mol. The lowest BCUT2D eigenvalue weighted by atomic mass is 9.55. The van der Waals surface area contributed by atoms with Crippen molar-refractivity contribution in [3.8, 4) is 0 Å². The third kappa shape index (κ3) is 3.65. The summed E-state index contributed by atoms with van der Waals surface area (Å²) in [6.45, 7) is 12.5. The molecule has 20 heavy (non-hydrogen) atoms. The van der Waals surface area contributed by atoms with E-state index in [2.05, 4.69) is 80.1 Å². The van der Waals surface area contributed by atoms with E-state index in [0.717, 1.165) is 18.4 Å². The van der Waals surface area contributed by atoms with Crippen LogP contribution in [0.3, 0.4) is 0 Å². The molecule has 1 nitrogen and oxygen atoms in total. The molecule has 0 unspecified atom stereocenters. The Morgan fingerprint density at radius 3 is 2.20 bits per heavy atom. The predicted octanol–water partition coefficient (Wildman–Crippen LogP) is 5.14. The molecule has 0 radical (unpaired) electrons. The summed E-state index contributed by atoms with van der Waals surface area (Å²) in [7, 11) is 0. The highest BCUT2D eigenvalue weighted by atomic mass is 79.9. The van der Waals surface area contributed by atoms with E-state index in [1.807, 2.05) is 0 Å². The molecule has 0 atom stereocenters. The zero-order chi connectivity index (χ0) is 15.0. The normalized spacial score (nSPS) is 26.6. The maximum Gasteiger partial charge on any atom is 0.0175 e. The summed E-state index contributed by atoms with van der Waals surface area (Å²) < 4.78 is 1.17. The van der Waals surface area contributed by atoms with Gasteiger partial charge in [0.05, 0.1) is 0 Å². The van der Waals surface area contributed by atoms with Crippen LogP contribution in [0.4, 0.5) is 0 Å². The van der Waals surface area contributed by atoms with Crippen LogP contribution in [0, 0.1) is 11.8 Å². The summed E-state index contributed by atoms with van der Waals surface area (Å²) in [6, 6.07) is 8.95. The average molecular weight is 338 g/mol. The lowest BCUT2D eigenvalue weighted by Crippen LogP contribution is -2.53. The fraction of sp³-hybridized carbons (Fsp3) is 0.667. The van der Waals surface area contributed by atoms with Crippen molar-refractivity contribution < 1.29 is 0 Å². The molecule has 0 amide bonds. The van der Waals surface area contributed by atoms with Crippen molar-refractivity contribution in [1.29, 1.82) is 0 Å². The lowest BCUT2D eigenvalue weighted by Gasteiger charge is -2.51. The van der Waals surface area contributed by atoms with Gasteiger partial charge < -0.3 is 5.32 Å². The molecule has 0 spiro atoms. The van der Waals surface area contributed by atoms with Crippen LogP contribution in [0.5, 0.6) is 0 Å². The van der Waals surface area contributed by atoms with Gasteiger partial charge in [-0.05, 0) is 63.1 Å². The fourth-order valence-electron chi connectivity index (χ4n) is 3.14. The van der Waals surface area contributed by atoms with Crippen molar-refractivity contribution in [2.75, 3.05) is 6.54 Å². The molecule has 1 N–H and O–H groups in total. The van der Waals surface area contributed by atoms with Gasteiger partial charge in [0, 0.05) is 22.0 Å². The maximum atomic E-state index is 3.73. The zero-order valence-electron chi connectivity index (χ0n) is 13.5. The zero-order valence-corrected chi connectivity index (χ0v) is 15.0. The smallest absolute Gasteiger partial charge is 0.0175 e. The highest BCUT2D eigenvalue weighted by Crippen LogP contribution is 2.50. The van der Waals surface area contributed by atoms with Crippen LogP contribution in [-0.4, -0.2) is 12.1 Å². The number of benzene rings is 1. The highest BCUT2D eigenvalue weighted by molar-refractivity contribution is 9.10. The van der Waals surface area contributed by atoms with Crippen molar-refractivity contribution >= 4 is 15.9 Å². The minimum Gasteiger partial charge on any atom is -0.311 e. The van der Waals surface area contributed by atoms with Crippen molar-refractivity contribution in [1.82, 2.24) is 5.32 Å². The predicted molar refractivity (Wildman–Crippen MR) is 91.1 cm³/mol. The second kappa shape index (κ2) is 5.81. The Labute approximate surface area is 132 Å². The van der Waals surface area contributed by atoms with E-state index in [1.165, 1.54) is 22.9 Å². The van der Waals surface area contributed by atoms with Gasteiger partial charge in [0.1, 0.15) is 0 Å². The number of nitrogens with one attached hydrogen (secondary N) is 1. The molecule has 0 bridgehead atoms. The summed E-state index contributed by atoms with van der Waals surface area (Å²) in [4.78, 5) is 0. The van der Waals surface area contributed by atoms with Crippen LogP contribution in [0.15, 0.2) is 28.7 Å². The first kappa shape index (κ1) is 16.0. The Morgan fingerprint density at radius 2 is 1.75 bits per heavy atom. The van der Waals surface area contributed by atoms with Crippen molar-refractivity contribution in [3.63, 3.8) is 0 Å². The van der Waals surface area contributed by atoms with E-state index in [-0.39, 0.29) is 5.54 Å². The van der Waals surface area contributed by atoms with Crippen LogP contribution in [0.1, 0.15) is 53.0 Å². The Morgan fingerprint density at radius 1 is 1.20 bits per heavy atom. The molecule has 1 aromatic carbocycles. The monoisotopic (exact) mass is 337 g/mol. The SMILES string of the molecule is CC(C)C1CC(CNC(C)(C)C)(c2ccc(Br)cc2)C1. The minimum absolute atomic E-state index is 0.186. The fourth-order valence-corrected chi connectivity index (χ4v) is 3.40. The largest absolute Gasteiger partial charge is 0.311 e. The first-order valence-corrected chi connectivity index (χ1v) is 8.52.